The van der Waals surface area contributed by atoms with Crippen molar-refractivity contribution in [1.82, 2.24) is 0 Å². The third-order valence-corrected chi connectivity index (χ3v) is 6.68. The Kier molecular flexibility index (Phi) is 10.7. The summed E-state index contributed by atoms with van der Waals surface area (Å²) in [5.74, 6) is -0.964. The monoisotopic (exact) mass is 640 g/mol. The third-order valence-electron chi connectivity index (χ3n) is 6.68. The molecule has 5 rings (SSSR count). The molecule has 1 aliphatic heterocycles. The van der Waals surface area contributed by atoms with Gasteiger partial charge in [0.05, 0.1) is 0 Å². The maximum atomic E-state index is 12.5. The predicted molar refractivity (Wildman–Crippen MR) is 172 cm³/mol. The van der Waals surface area contributed by atoms with E-state index in [0.717, 1.165) is 17.0 Å². The molecule has 3 aromatic carbocycles. The van der Waals surface area contributed by atoms with Crippen LogP contribution in [-0.4, -0.2) is 40.7 Å². The highest BCUT2D eigenvalue weighted by Gasteiger charge is 2.39. The number of carboxylic acids is 1. The zero-order chi connectivity index (χ0) is 34.1. The summed E-state index contributed by atoms with van der Waals surface area (Å²) < 4.78 is 26.9. The fourth-order valence-corrected chi connectivity index (χ4v) is 4.58. The van der Waals surface area contributed by atoms with Crippen molar-refractivity contribution in [2.24, 2.45) is 0 Å². The second-order valence-corrected chi connectivity index (χ2v) is 10.9. The molecule has 11 heteroatoms. The number of ether oxygens (including phenoxy) is 4. The predicted octanol–water partition coefficient (Wildman–Crippen LogP) is 5.77. The van der Waals surface area contributed by atoms with Crippen LogP contribution >= 0.6 is 0 Å². The molecule has 0 radical (unpaired) electrons. The number of benzene rings is 3. The molecule has 0 spiro atoms. The summed E-state index contributed by atoms with van der Waals surface area (Å²) in [4.78, 5) is 56.0. The van der Waals surface area contributed by atoms with Crippen molar-refractivity contribution in [3.63, 3.8) is 0 Å². The van der Waals surface area contributed by atoms with Crippen LogP contribution in [0.4, 0.5) is 0 Å². The molecule has 2 heterocycles. The van der Waals surface area contributed by atoms with Gasteiger partial charge in [-0.25, -0.2) is 14.4 Å². The molecule has 0 saturated carbocycles. The van der Waals surface area contributed by atoms with Gasteiger partial charge in [-0.1, -0.05) is 24.3 Å². The van der Waals surface area contributed by atoms with Gasteiger partial charge in [0.1, 0.15) is 34.5 Å². The number of hydrogen-bond acceptors (Lipinski definition) is 10. The highest BCUT2D eigenvalue weighted by atomic mass is 16.6. The molecule has 1 aromatic heterocycles. The first-order chi connectivity index (χ1) is 22.3. The number of carbonyl (C=O) groups excluding carboxylic acids is 3. The highest BCUT2D eigenvalue weighted by Crippen LogP contribution is 2.37. The van der Waals surface area contributed by atoms with Crippen LogP contribution < -0.4 is 19.8 Å². The highest BCUT2D eigenvalue weighted by molar-refractivity contribution is 5.87. The smallest absolute Gasteiger partial charge is 0.336 e. The largest absolute Gasteiger partial charge is 0.484 e. The van der Waals surface area contributed by atoms with Gasteiger partial charge in [-0.2, -0.15) is 0 Å². The summed E-state index contributed by atoms with van der Waals surface area (Å²) in [7, 11) is 0. The van der Waals surface area contributed by atoms with Gasteiger partial charge in [0.2, 0.25) is 0 Å². The van der Waals surface area contributed by atoms with E-state index in [1.807, 2.05) is 19.9 Å². The molecule has 1 atom stereocenters. The molecule has 1 aliphatic rings. The Hall–Kier alpha value is -5.97. The van der Waals surface area contributed by atoms with Crippen LogP contribution in [0, 0.1) is 0 Å². The van der Waals surface area contributed by atoms with Gasteiger partial charge >= 0.3 is 29.5 Å². The zero-order valence-corrected chi connectivity index (χ0v) is 26.1. The lowest BCUT2D eigenvalue weighted by atomic mass is 9.90. The van der Waals surface area contributed by atoms with E-state index in [1.54, 1.807) is 66.7 Å². The summed E-state index contributed by atoms with van der Waals surface area (Å²) in [6.07, 6.45) is 5.30. The van der Waals surface area contributed by atoms with Gasteiger partial charge in [-0.3, -0.25) is 9.59 Å². The van der Waals surface area contributed by atoms with Gasteiger partial charge in [-0.05, 0) is 79.1 Å². The lowest BCUT2D eigenvalue weighted by Crippen LogP contribution is -2.48. The van der Waals surface area contributed by atoms with E-state index in [9.17, 15) is 24.0 Å². The van der Waals surface area contributed by atoms with Gasteiger partial charge in [0.25, 0.3) is 0 Å². The van der Waals surface area contributed by atoms with Gasteiger partial charge in [0.15, 0.2) is 0 Å². The van der Waals surface area contributed by atoms with Crippen molar-refractivity contribution < 1.29 is 47.6 Å². The molecule has 0 saturated heterocycles. The number of hydrogen-bond donors (Lipinski definition) is 1. The fourth-order valence-electron chi connectivity index (χ4n) is 4.58. The summed E-state index contributed by atoms with van der Waals surface area (Å²) in [6.45, 7) is 6.31. The van der Waals surface area contributed by atoms with Crippen LogP contribution in [0.1, 0.15) is 44.4 Å². The van der Waals surface area contributed by atoms with E-state index >= 15 is 0 Å². The number of carboxylic acid groups (broad SMARTS) is 1. The van der Waals surface area contributed by atoms with E-state index in [1.165, 1.54) is 32.1 Å². The Bertz CT molecular complexity index is 1930. The Balaban J connectivity index is 0.000000280. The molecule has 11 nitrogen and oxygen atoms in total. The summed E-state index contributed by atoms with van der Waals surface area (Å²) in [5, 5.41) is 9.19. The Morgan fingerprint density at radius 3 is 2.00 bits per heavy atom. The maximum absolute atomic E-state index is 12.5. The second-order valence-electron chi connectivity index (χ2n) is 10.9. The summed E-state index contributed by atoms with van der Waals surface area (Å²) in [5.41, 5.74) is 1.45. The minimum absolute atomic E-state index is 0.398. The minimum atomic E-state index is -1.02. The Labute approximate surface area is 269 Å². The van der Waals surface area contributed by atoms with Crippen molar-refractivity contribution in [2.45, 2.75) is 45.8 Å². The van der Waals surface area contributed by atoms with Crippen molar-refractivity contribution in [1.29, 1.82) is 0 Å². The van der Waals surface area contributed by atoms with Crippen molar-refractivity contribution in [2.75, 3.05) is 0 Å². The van der Waals surface area contributed by atoms with E-state index in [4.69, 9.17) is 28.5 Å². The third kappa shape index (κ3) is 10.0. The van der Waals surface area contributed by atoms with Crippen molar-refractivity contribution in [3.8, 4) is 17.2 Å². The molecular formula is C36H32O11. The van der Waals surface area contributed by atoms with Crippen LogP contribution in [0.2, 0.25) is 0 Å². The Morgan fingerprint density at radius 1 is 0.830 bits per heavy atom. The van der Waals surface area contributed by atoms with E-state index in [2.05, 4.69) is 0 Å². The van der Waals surface area contributed by atoms with E-state index in [-0.39, 0.29) is 0 Å². The number of aliphatic carboxylic acids is 1. The summed E-state index contributed by atoms with van der Waals surface area (Å²) in [6, 6.07) is 20.0. The summed E-state index contributed by atoms with van der Waals surface area (Å²) >= 11 is 0. The lowest BCUT2D eigenvalue weighted by molar-refractivity contribution is -0.155. The molecule has 0 bridgehead atoms. The van der Waals surface area contributed by atoms with Crippen LogP contribution in [0.15, 0.2) is 94.2 Å². The molecule has 0 fully saturated rings. The lowest BCUT2D eigenvalue weighted by Gasteiger charge is -2.39. The van der Waals surface area contributed by atoms with E-state index < -0.39 is 41.2 Å². The number of fused-ring (bicyclic) bond motifs is 2. The van der Waals surface area contributed by atoms with Crippen molar-refractivity contribution in [3.05, 3.63) is 112 Å². The average molecular weight is 641 g/mol. The average Bonchev–Trinajstić information content (AvgIpc) is 2.98. The molecule has 0 aliphatic carbocycles. The Morgan fingerprint density at radius 2 is 1.43 bits per heavy atom. The molecular weight excluding hydrogens is 608 g/mol. The molecule has 242 valence electrons. The quantitative estimate of drug-likeness (QED) is 0.113. The van der Waals surface area contributed by atoms with Crippen LogP contribution in [0.5, 0.6) is 17.2 Å². The topological polar surface area (TPSA) is 156 Å². The first-order valence-electron chi connectivity index (χ1n) is 14.4. The maximum Gasteiger partial charge on any atom is 0.336 e. The standard InChI is InChI=1S/C25H22O7.C11H10O4/c1-15(26)29-19-6-4-5-16(11-19)7-9-24(28)31-22-13-18-12-17-8-10-23(27)30-20(17)14-21(18)32-25(22,2)3;1-8(12)15-10-4-2-3-9(7-10)5-6-11(13)14/h4-12,14,22H,13H2,1-3H3;2-7H,1H3,(H,13,14)/b9-7+;6-5+/t22-;/m0./s1. The SMILES string of the molecule is CC(=O)Oc1cccc(/C=C/C(=O)O)c1.CC(=O)Oc1cccc(/C=C/C(=O)O[C@H]2Cc3cc4ccc(=O)oc4cc3OC2(C)C)c1. The molecule has 0 amide bonds. The fraction of sp³-hybridized carbons (Fsp3) is 0.194. The minimum Gasteiger partial charge on any atom is -0.484 e. The van der Waals surface area contributed by atoms with Crippen LogP contribution in [0.25, 0.3) is 23.1 Å². The second kappa shape index (κ2) is 14.9. The number of carbonyl (C=O) groups is 4. The first kappa shape index (κ1) is 33.9. The van der Waals surface area contributed by atoms with Crippen LogP contribution in [0.3, 0.4) is 0 Å². The normalized spacial score (nSPS) is 14.8. The van der Waals surface area contributed by atoms with Crippen LogP contribution in [-0.2, 0) is 30.3 Å². The van der Waals surface area contributed by atoms with Crippen molar-refractivity contribution >= 4 is 47.0 Å². The molecule has 47 heavy (non-hydrogen) atoms. The van der Waals surface area contributed by atoms with Gasteiger partial charge in [0, 0.05) is 49.9 Å². The number of esters is 3. The molecule has 1 N–H and O–H groups in total. The number of rotatable bonds is 7. The van der Waals surface area contributed by atoms with E-state index in [0.29, 0.717) is 40.4 Å². The molecule has 0 unspecified atom stereocenters. The van der Waals surface area contributed by atoms with Gasteiger partial charge in [-0.15, -0.1) is 0 Å². The van der Waals surface area contributed by atoms with Gasteiger partial charge < -0.3 is 28.5 Å². The molecule has 4 aromatic rings. The first-order valence-corrected chi connectivity index (χ1v) is 14.4. The zero-order valence-electron chi connectivity index (χ0n) is 26.1.